The highest BCUT2D eigenvalue weighted by Gasteiger charge is 2.18. The summed E-state index contributed by atoms with van der Waals surface area (Å²) in [6.07, 6.45) is 0. The summed E-state index contributed by atoms with van der Waals surface area (Å²) >= 11 is 0. The molecule has 0 saturated heterocycles. The van der Waals surface area contributed by atoms with Gasteiger partial charge in [-0.05, 0) is 48.9 Å². The molecule has 1 heterocycles. The van der Waals surface area contributed by atoms with Gasteiger partial charge in [-0.25, -0.2) is 0 Å². The smallest absolute Gasteiger partial charge is 0.259 e. The van der Waals surface area contributed by atoms with E-state index < -0.39 is 0 Å². The number of para-hydroxylation sites is 2. The highest BCUT2D eigenvalue weighted by molar-refractivity contribution is 6.06. The third-order valence-electron chi connectivity index (χ3n) is 4.80. The van der Waals surface area contributed by atoms with Crippen LogP contribution in [0.15, 0.2) is 72.8 Å². The lowest BCUT2D eigenvalue weighted by Gasteiger charge is -2.16. The summed E-state index contributed by atoms with van der Waals surface area (Å²) in [5.41, 5.74) is 1.92. The van der Waals surface area contributed by atoms with Crippen molar-refractivity contribution >= 4 is 17.5 Å². The zero-order chi connectivity index (χ0) is 21.6. The molecule has 2 N–H and O–H groups in total. The normalized spacial score (nSPS) is 12.7. The third-order valence-corrected chi connectivity index (χ3v) is 4.80. The second-order valence-corrected chi connectivity index (χ2v) is 7.01. The SMILES string of the molecule is C[C@H](NC(=O)COc1ccccc1C(=O)Nc1ccccc1)c1ccc2c(c1)OCO2. The molecule has 1 aliphatic rings. The summed E-state index contributed by atoms with van der Waals surface area (Å²) in [6, 6.07) is 21.2. The number of amides is 2. The Morgan fingerprint density at radius 3 is 2.55 bits per heavy atom. The van der Waals surface area contributed by atoms with Crippen LogP contribution in [0.5, 0.6) is 17.2 Å². The monoisotopic (exact) mass is 418 g/mol. The molecule has 1 aliphatic heterocycles. The molecule has 7 nitrogen and oxygen atoms in total. The highest BCUT2D eigenvalue weighted by atomic mass is 16.7. The van der Waals surface area contributed by atoms with Crippen LogP contribution in [-0.4, -0.2) is 25.2 Å². The molecule has 4 rings (SSSR count). The van der Waals surface area contributed by atoms with E-state index in [4.69, 9.17) is 14.2 Å². The van der Waals surface area contributed by atoms with E-state index in [0.717, 1.165) is 5.56 Å². The first-order valence-corrected chi connectivity index (χ1v) is 9.87. The minimum absolute atomic E-state index is 0.199. The van der Waals surface area contributed by atoms with Crippen LogP contribution in [0, 0.1) is 0 Å². The van der Waals surface area contributed by atoms with Crippen LogP contribution >= 0.6 is 0 Å². The van der Waals surface area contributed by atoms with Gasteiger partial charge in [0.1, 0.15) is 5.75 Å². The Balaban J connectivity index is 1.35. The van der Waals surface area contributed by atoms with Crippen molar-refractivity contribution in [3.05, 3.63) is 83.9 Å². The van der Waals surface area contributed by atoms with Gasteiger partial charge < -0.3 is 24.8 Å². The lowest BCUT2D eigenvalue weighted by Crippen LogP contribution is -2.31. The van der Waals surface area contributed by atoms with Gasteiger partial charge in [0.15, 0.2) is 18.1 Å². The number of carbonyl (C=O) groups is 2. The molecule has 3 aromatic carbocycles. The zero-order valence-corrected chi connectivity index (χ0v) is 17.0. The minimum atomic E-state index is -0.309. The van der Waals surface area contributed by atoms with E-state index in [1.807, 2.05) is 43.3 Å². The first kappa shape index (κ1) is 20.3. The van der Waals surface area contributed by atoms with E-state index in [0.29, 0.717) is 28.5 Å². The Kier molecular flexibility index (Phi) is 6.03. The molecule has 31 heavy (non-hydrogen) atoms. The summed E-state index contributed by atoms with van der Waals surface area (Å²) in [7, 11) is 0. The molecule has 0 radical (unpaired) electrons. The molecule has 158 valence electrons. The summed E-state index contributed by atoms with van der Waals surface area (Å²) < 4.78 is 16.3. The van der Waals surface area contributed by atoms with Crippen molar-refractivity contribution in [2.24, 2.45) is 0 Å². The maximum atomic E-state index is 12.6. The van der Waals surface area contributed by atoms with Crippen molar-refractivity contribution in [2.75, 3.05) is 18.7 Å². The van der Waals surface area contributed by atoms with Crippen LogP contribution in [0.25, 0.3) is 0 Å². The van der Waals surface area contributed by atoms with Crippen molar-refractivity contribution in [2.45, 2.75) is 13.0 Å². The second kappa shape index (κ2) is 9.21. The van der Waals surface area contributed by atoms with Gasteiger partial charge in [-0.3, -0.25) is 9.59 Å². The first-order valence-electron chi connectivity index (χ1n) is 9.87. The van der Waals surface area contributed by atoms with E-state index in [1.54, 1.807) is 36.4 Å². The standard InChI is InChI=1S/C24H22N2O5/c1-16(17-11-12-21-22(13-17)31-15-30-21)25-23(27)14-29-20-10-6-5-9-19(20)24(28)26-18-7-3-2-4-8-18/h2-13,16H,14-15H2,1H3,(H,25,27)(H,26,28)/t16-/m0/s1. The van der Waals surface area contributed by atoms with Gasteiger partial charge >= 0.3 is 0 Å². The number of hydrogen-bond donors (Lipinski definition) is 2. The van der Waals surface area contributed by atoms with Crippen LogP contribution in [0.3, 0.4) is 0 Å². The van der Waals surface area contributed by atoms with E-state index in [-0.39, 0.29) is 31.3 Å². The lowest BCUT2D eigenvalue weighted by atomic mass is 10.1. The highest BCUT2D eigenvalue weighted by Crippen LogP contribution is 2.34. The fourth-order valence-corrected chi connectivity index (χ4v) is 3.19. The third kappa shape index (κ3) is 4.95. The molecule has 0 aliphatic carbocycles. The number of nitrogens with one attached hydrogen (secondary N) is 2. The van der Waals surface area contributed by atoms with Gasteiger partial charge in [-0.15, -0.1) is 0 Å². The zero-order valence-electron chi connectivity index (χ0n) is 17.0. The van der Waals surface area contributed by atoms with Crippen molar-refractivity contribution in [3.8, 4) is 17.2 Å². The number of carbonyl (C=O) groups excluding carboxylic acids is 2. The molecule has 0 fully saturated rings. The molecular weight excluding hydrogens is 396 g/mol. The maximum Gasteiger partial charge on any atom is 0.259 e. The molecule has 0 bridgehead atoms. The molecule has 0 spiro atoms. The van der Waals surface area contributed by atoms with Gasteiger partial charge in [0.25, 0.3) is 11.8 Å². The Bertz CT molecular complexity index is 1080. The Hall–Kier alpha value is -4.00. The molecule has 0 aromatic heterocycles. The Morgan fingerprint density at radius 1 is 0.968 bits per heavy atom. The maximum absolute atomic E-state index is 12.6. The predicted molar refractivity (Wildman–Crippen MR) is 115 cm³/mol. The fraction of sp³-hybridized carbons (Fsp3) is 0.167. The molecule has 0 saturated carbocycles. The van der Waals surface area contributed by atoms with Crippen LogP contribution in [0.1, 0.15) is 28.9 Å². The minimum Gasteiger partial charge on any atom is -0.483 e. The summed E-state index contributed by atoms with van der Waals surface area (Å²) in [5, 5.41) is 5.70. The average molecular weight is 418 g/mol. The molecule has 2 amide bonds. The molecule has 3 aromatic rings. The quantitative estimate of drug-likeness (QED) is 0.607. The molecular formula is C24H22N2O5. The average Bonchev–Trinajstić information content (AvgIpc) is 3.26. The number of benzene rings is 3. The Morgan fingerprint density at radius 2 is 1.71 bits per heavy atom. The van der Waals surface area contributed by atoms with Crippen LogP contribution in [0.2, 0.25) is 0 Å². The fourth-order valence-electron chi connectivity index (χ4n) is 3.19. The van der Waals surface area contributed by atoms with Crippen molar-refractivity contribution in [1.82, 2.24) is 5.32 Å². The Labute approximate surface area is 179 Å². The number of hydrogen-bond acceptors (Lipinski definition) is 5. The van der Waals surface area contributed by atoms with E-state index in [2.05, 4.69) is 10.6 Å². The number of fused-ring (bicyclic) bond motifs is 1. The molecule has 1 atom stereocenters. The largest absolute Gasteiger partial charge is 0.483 e. The molecule has 0 unspecified atom stereocenters. The van der Waals surface area contributed by atoms with Crippen LogP contribution in [-0.2, 0) is 4.79 Å². The van der Waals surface area contributed by atoms with Crippen LogP contribution < -0.4 is 24.8 Å². The van der Waals surface area contributed by atoms with Gasteiger partial charge in [0.2, 0.25) is 6.79 Å². The first-order chi connectivity index (χ1) is 15.1. The van der Waals surface area contributed by atoms with Crippen molar-refractivity contribution in [3.63, 3.8) is 0 Å². The van der Waals surface area contributed by atoms with E-state index in [9.17, 15) is 9.59 Å². The topological polar surface area (TPSA) is 85.9 Å². The number of rotatable bonds is 7. The van der Waals surface area contributed by atoms with E-state index in [1.165, 1.54) is 0 Å². The van der Waals surface area contributed by atoms with Gasteiger partial charge in [0.05, 0.1) is 11.6 Å². The summed E-state index contributed by atoms with van der Waals surface area (Å²) in [5.74, 6) is 1.07. The van der Waals surface area contributed by atoms with Crippen molar-refractivity contribution < 1.29 is 23.8 Å². The number of ether oxygens (including phenoxy) is 3. The lowest BCUT2D eigenvalue weighted by molar-refractivity contribution is -0.123. The van der Waals surface area contributed by atoms with Gasteiger partial charge in [-0.2, -0.15) is 0 Å². The van der Waals surface area contributed by atoms with Gasteiger partial charge in [0, 0.05) is 5.69 Å². The summed E-state index contributed by atoms with van der Waals surface area (Å²) in [4.78, 5) is 25.0. The van der Waals surface area contributed by atoms with Gasteiger partial charge in [-0.1, -0.05) is 36.4 Å². The second-order valence-electron chi connectivity index (χ2n) is 7.01. The predicted octanol–water partition coefficient (Wildman–Crippen LogP) is 3.92. The summed E-state index contributed by atoms with van der Waals surface area (Å²) in [6.45, 7) is 1.85. The number of anilines is 1. The van der Waals surface area contributed by atoms with Crippen molar-refractivity contribution in [1.29, 1.82) is 0 Å². The van der Waals surface area contributed by atoms with E-state index >= 15 is 0 Å². The van der Waals surface area contributed by atoms with Crippen LogP contribution in [0.4, 0.5) is 5.69 Å². The molecule has 7 heteroatoms.